The molecule has 1 amide bonds. The van der Waals surface area contributed by atoms with Gasteiger partial charge in [0.2, 0.25) is 5.91 Å². The summed E-state index contributed by atoms with van der Waals surface area (Å²) in [5.74, 6) is -0.511. The maximum atomic E-state index is 13.6. The Morgan fingerprint density at radius 1 is 0.462 bits per heavy atom. The number of hydrogen-bond acceptors (Lipinski definition) is 6. The first-order valence-electron chi connectivity index (χ1n) is 32.8. The predicted molar refractivity (Wildman–Crippen MR) is 337 cm³/mol. The van der Waals surface area contributed by atoms with E-state index in [0.29, 0.717) is 17.4 Å². The molecule has 10 heteroatoms. The van der Waals surface area contributed by atoms with Crippen molar-refractivity contribution in [3.05, 3.63) is 72.9 Å². The number of carbonyl (C=O) groups excluding carboxylic acids is 2. The summed E-state index contributed by atoms with van der Waals surface area (Å²) < 4.78 is 30.7. The number of amides is 1. The summed E-state index contributed by atoms with van der Waals surface area (Å²) in [5.41, 5.74) is 0. The zero-order valence-electron chi connectivity index (χ0n) is 51.9. The minimum atomic E-state index is -4.45. The zero-order valence-corrected chi connectivity index (χ0v) is 52.8. The molecule has 454 valence electrons. The molecule has 0 aliphatic rings. The van der Waals surface area contributed by atoms with Gasteiger partial charge in [-0.3, -0.25) is 18.6 Å². The van der Waals surface area contributed by atoms with E-state index in [2.05, 4.69) is 86.8 Å². The van der Waals surface area contributed by atoms with Gasteiger partial charge in [0.25, 0.3) is 0 Å². The third-order valence-corrected chi connectivity index (χ3v) is 15.4. The second kappa shape index (κ2) is 57.7. The quantitative estimate of drug-likeness (QED) is 0.0205. The van der Waals surface area contributed by atoms with Crippen molar-refractivity contribution in [2.45, 2.75) is 309 Å². The fourth-order valence-electron chi connectivity index (χ4n) is 9.34. The smallest absolute Gasteiger partial charge is 0.456 e. The highest BCUT2D eigenvalue weighted by Gasteiger charge is 2.30. The topological polar surface area (TPSA) is 111 Å². The van der Waals surface area contributed by atoms with E-state index in [1.54, 1.807) is 0 Å². The van der Waals surface area contributed by atoms with Crippen LogP contribution in [0.1, 0.15) is 297 Å². The van der Waals surface area contributed by atoms with Crippen molar-refractivity contribution in [2.75, 3.05) is 40.9 Å². The molecule has 0 aromatic carbocycles. The summed E-state index contributed by atoms with van der Waals surface area (Å²) in [6, 6.07) is -0.853. The number of allylic oxidation sites excluding steroid dienone is 11. The van der Waals surface area contributed by atoms with E-state index in [-0.39, 0.29) is 31.5 Å². The number of rotatable bonds is 59. The molecule has 0 bridgehead atoms. The molecule has 0 aromatic heterocycles. The van der Waals surface area contributed by atoms with Crippen molar-refractivity contribution < 1.29 is 37.3 Å². The standard InChI is InChI=1S/C68H125N2O7P/c1-7-10-13-16-19-22-25-27-29-30-31-32-33-34-35-36-37-38-39-40-41-42-45-48-51-54-57-60-67(71)69-65(64-76-78(73,74)75-63-62-70(4,5)6)66(59-56-53-50-47-44-24-21-18-15-12-9-3)77-68(72)61-58-55-52-49-46-43-28-26-23-20-17-14-11-8-2/h11,14,19-20,22-23,27,29,31-32,56,59,65-66H,7-10,12-13,15-18,21,24-26,28,30,33-55,57-58,60-64H2,1-6H3,(H-,69,71,73,74)/p+1/b14-11+,22-19-,23-20+,29-27-,32-31-,59-56-. The minimum Gasteiger partial charge on any atom is -0.456 e. The molecule has 0 aliphatic carbocycles. The van der Waals surface area contributed by atoms with Crippen molar-refractivity contribution in [2.24, 2.45) is 0 Å². The number of carbonyl (C=O) groups is 2. The molecule has 2 N–H and O–H groups in total. The van der Waals surface area contributed by atoms with Gasteiger partial charge in [0.15, 0.2) is 0 Å². The van der Waals surface area contributed by atoms with Crippen molar-refractivity contribution in [1.82, 2.24) is 5.32 Å². The van der Waals surface area contributed by atoms with Gasteiger partial charge < -0.3 is 19.4 Å². The summed E-state index contributed by atoms with van der Waals surface area (Å²) in [5, 5.41) is 3.06. The highest BCUT2D eigenvalue weighted by molar-refractivity contribution is 7.47. The Bertz CT molecular complexity index is 1570. The number of quaternary nitrogens is 1. The molecule has 0 saturated carbocycles. The molecule has 3 atom stereocenters. The number of nitrogens with one attached hydrogen (secondary N) is 1. The largest absolute Gasteiger partial charge is 0.472 e. The van der Waals surface area contributed by atoms with Crippen LogP contribution in [-0.2, 0) is 27.9 Å². The fourth-order valence-corrected chi connectivity index (χ4v) is 10.1. The lowest BCUT2D eigenvalue weighted by Gasteiger charge is -2.27. The molecule has 0 heterocycles. The van der Waals surface area contributed by atoms with Gasteiger partial charge in [-0.1, -0.05) is 261 Å². The van der Waals surface area contributed by atoms with Crippen molar-refractivity contribution in [1.29, 1.82) is 0 Å². The maximum absolute atomic E-state index is 13.6. The number of likely N-dealkylation sites (N-methyl/N-ethyl adjacent to an activating group) is 1. The van der Waals surface area contributed by atoms with Crippen molar-refractivity contribution >= 4 is 19.7 Å². The first kappa shape index (κ1) is 75.5. The molecule has 0 aromatic rings. The van der Waals surface area contributed by atoms with E-state index in [9.17, 15) is 19.0 Å². The number of phosphoric acid groups is 1. The Morgan fingerprint density at radius 3 is 1.26 bits per heavy atom. The average molecular weight is 1110 g/mol. The summed E-state index contributed by atoms with van der Waals surface area (Å²) in [4.78, 5) is 37.7. The van der Waals surface area contributed by atoms with Crippen LogP contribution < -0.4 is 5.32 Å². The Morgan fingerprint density at radius 2 is 0.821 bits per heavy atom. The Kier molecular flexibility index (Phi) is 55.8. The summed E-state index contributed by atoms with van der Waals surface area (Å²) in [6.07, 6.45) is 74.8. The monoisotopic (exact) mass is 1110 g/mol. The molecule has 9 nitrogen and oxygen atoms in total. The molecule has 0 spiro atoms. The van der Waals surface area contributed by atoms with Gasteiger partial charge in [0.1, 0.15) is 19.3 Å². The van der Waals surface area contributed by atoms with E-state index < -0.39 is 20.0 Å². The molecule has 0 radical (unpaired) electrons. The summed E-state index contributed by atoms with van der Waals surface area (Å²) >= 11 is 0. The van der Waals surface area contributed by atoms with E-state index in [1.807, 2.05) is 33.3 Å². The van der Waals surface area contributed by atoms with Gasteiger partial charge >= 0.3 is 13.8 Å². The lowest BCUT2D eigenvalue weighted by Crippen LogP contribution is -2.47. The number of unbranched alkanes of at least 4 members (excludes halogenated alkanes) is 33. The van der Waals surface area contributed by atoms with Crippen LogP contribution in [0.3, 0.4) is 0 Å². The van der Waals surface area contributed by atoms with Crippen molar-refractivity contribution in [3.63, 3.8) is 0 Å². The van der Waals surface area contributed by atoms with Gasteiger partial charge in [-0.2, -0.15) is 0 Å². The Hall–Kier alpha value is -2.55. The highest BCUT2D eigenvalue weighted by Crippen LogP contribution is 2.43. The first-order chi connectivity index (χ1) is 37.9. The lowest BCUT2D eigenvalue weighted by molar-refractivity contribution is -0.870. The minimum absolute atomic E-state index is 0.0374. The van der Waals surface area contributed by atoms with Crippen LogP contribution >= 0.6 is 7.82 Å². The number of ether oxygens (including phenoxy) is 1. The van der Waals surface area contributed by atoms with Gasteiger partial charge in [0, 0.05) is 12.8 Å². The normalized spacial score (nSPS) is 14.1. The first-order valence-corrected chi connectivity index (χ1v) is 34.3. The highest BCUT2D eigenvalue weighted by atomic mass is 31.2. The summed E-state index contributed by atoms with van der Waals surface area (Å²) in [7, 11) is 1.49. The average Bonchev–Trinajstić information content (AvgIpc) is 3.40. The maximum Gasteiger partial charge on any atom is 0.472 e. The van der Waals surface area contributed by atoms with E-state index in [0.717, 1.165) is 96.3 Å². The van der Waals surface area contributed by atoms with Crippen molar-refractivity contribution in [3.8, 4) is 0 Å². The van der Waals surface area contributed by atoms with Crippen LogP contribution in [0.5, 0.6) is 0 Å². The molecule has 0 rings (SSSR count). The number of esters is 1. The van der Waals surface area contributed by atoms with Gasteiger partial charge in [0.05, 0.1) is 33.8 Å². The van der Waals surface area contributed by atoms with E-state index in [4.69, 9.17) is 13.8 Å². The van der Waals surface area contributed by atoms with Crippen LogP contribution in [0.15, 0.2) is 72.9 Å². The number of hydrogen-bond donors (Lipinski definition) is 2. The van der Waals surface area contributed by atoms with Crippen LogP contribution in [0.4, 0.5) is 0 Å². The van der Waals surface area contributed by atoms with Crippen LogP contribution in [0, 0.1) is 0 Å². The zero-order chi connectivity index (χ0) is 57.2. The predicted octanol–water partition coefficient (Wildman–Crippen LogP) is 20.4. The Balaban J connectivity index is 5.00. The van der Waals surface area contributed by atoms with Crippen LogP contribution in [-0.4, -0.2) is 74.3 Å². The van der Waals surface area contributed by atoms with Gasteiger partial charge in [-0.05, 0) is 96.0 Å². The van der Waals surface area contributed by atoms with E-state index >= 15 is 0 Å². The molecular weight excluding hydrogens is 988 g/mol. The van der Waals surface area contributed by atoms with Crippen LogP contribution in [0.2, 0.25) is 0 Å². The third-order valence-electron chi connectivity index (χ3n) is 14.4. The molecule has 0 fully saturated rings. The lowest BCUT2D eigenvalue weighted by atomic mass is 10.0. The Labute approximate surface area is 483 Å². The second-order valence-corrected chi connectivity index (χ2v) is 24.7. The molecule has 78 heavy (non-hydrogen) atoms. The molecule has 0 saturated heterocycles. The summed E-state index contributed by atoms with van der Waals surface area (Å²) in [6.45, 7) is 6.88. The SMILES string of the molecule is CC/C=C/C/C=C/CCCCCCCCCC(=O)OC(/C=C\CCCCCCCCCCC)C(COP(=O)(O)OCC[N+](C)(C)C)NC(=O)CCCCCCCCCCCCCCCC/C=C\C/C=C\C/C=C\CCCCC. The van der Waals surface area contributed by atoms with Gasteiger partial charge in [-0.15, -0.1) is 0 Å². The van der Waals surface area contributed by atoms with Gasteiger partial charge in [-0.25, -0.2) is 4.57 Å². The fraction of sp³-hybridized carbons (Fsp3) is 0.794. The van der Waals surface area contributed by atoms with E-state index in [1.165, 1.54) is 167 Å². The molecular formula is C68H126N2O7P+. The molecule has 3 unspecified atom stereocenters. The number of nitrogens with zero attached hydrogens (tertiary/aromatic N) is 1. The second-order valence-electron chi connectivity index (χ2n) is 23.3. The van der Waals surface area contributed by atoms with Crippen LogP contribution in [0.25, 0.3) is 0 Å². The number of phosphoric ester groups is 1. The molecule has 0 aliphatic heterocycles. The third kappa shape index (κ3) is 58.1.